The highest BCUT2D eigenvalue weighted by Gasteiger charge is 2.32. The predicted octanol–water partition coefficient (Wildman–Crippen LogP) is 2.96. The zero-order chi connectivity index (χ0) is 11.6. The van der Waals surface area contributed by atoms with Gasteiger partial charge in [-0.3, -0.25) is 0 Å². The van der Waals surface area contributed by atoms with E-state index in [1.807, 2.05) is 0 Å². The lowest BCUT2D eigenvalue weighted by Crippen LogP contribution is -2.19. The summed E-state index contributed by atoms with van der Waals surface area (Å²) in [5.41, 5.74) is 5.27. The number of nitrogens with zero attached hydrogens (tertiary/aromatic N) is 1. The van der Waals surface area contributed by atoms with Crippen LogP contribution in [0.2, 0.25) is 0 Å². The Bertz CT molecular complexity index is 370. The normalized spacial score (nSPS) is 11.6. The van der Waals surface area contributed by atoms with Crippen molar-refractivity contribution in [3.05, 3.63) is 20.8 Å². The summed E-state index contributed by atoms with van der Waals surface area (Å²) in [6, 6.07) is 1.16. The molecule has 1 rings (SSSR count). The van der Waals surface area contributed by atoms with Crippen molar-refractivity contribution >= 4 is 31.9 Å². The Kier molecular flexibility index (Phi) is 3.96. The summed E-state index contributed by atoms with van der Waals surface area (Å²) in [6.45, 7) is -0.142. The lowest BCUT2D eigenvalue weighted by Gasteiger charge is -2.12. The number of aromatic nitrogens is 1. The summed E-state index contributed by atoms with van der Waals surface area (Å²) in [4.78, 5) is 3.80. The maximum atomic E-state index is 12.0. The minimum atomic E-state index is -4.75. The zero-order valence-electron chi connectivity index (χ0n) is 7.11. The van der Waals surface area contributed by atoms with Crippen molar-refractivity contribution in [3.63, 3.8) is 0 Å². The summed E-state index contributed by atoms with van der Waals surface area (Å²) in [7, 11) is 0. The molecule has 0 spiro atoms. The highest BCUT2D eigenvalue weighted by molar-refractivity contribution is 9.13. The van der Waals surface area contributed by atoms with Crippen molar-refractivity contribution < 1.29 is 17.9 Å². The Morgan fingerprint density at radius 3 is 2.47 bits per heavy atom. The van der Waals surface area contributed by atoms with Gasteiger partial charge in [0.2, 0.25) is 0 Å². The number of hydrogen-bond acceptors (Lipinski definition) is 3. The molecule has 84 valence electrons. The van der Waals surface area contributed by atoms with Gasteiger partial charge in [-0.1, -0.05) is 0 Å². The third-order valence-corrected chi connectivity index (χ3v) is 3.13. The molecular formula is C7H5Br2F3N2O. The molecule has 0 fully saturated rings. The van der Waals surface area contributed by atoms with Crippen LogP contribution in [0, 0.1) is 0 Å². The van der Waals surface area contributed by atoms with Gasteiger partial charge in [-0.05, 0) is 37.9 Å². The summed E-state index contributed by atoms with van der Waals surface area (Å²) < 4.78 is 40.4. The van der Waals surface area contributed by atoms with E-state index in [1.165, 1.54) is 0 Å². The summed E-state index contributed by atoms with van der Waals surface area (Å²) in [5.74, 6) is -0.403. The van der Waals surface area contributed by atoms with Gasteiger partial charge >= 0.3 is 6.36 Å². The van der Waals surface area contributed by atoms with E-state index in [0.717, 1.165) is 6.07 Å². The van der Waals surface area contributed by atoms with Crippen molar-refractivity contribution in [2.75, 3.05) is 0 Å². The van der Waals surface area contributed by atoms with E-state index in [9.17, 15) is 13.2 Å². The van der Waals surface area contributed by atoms with Gasteiger partial charge in [0, 0.05) is 6.54 Å². The van der Waals surface area contributed by atoms with E-state index >= 15 is 0 Å². The third kappa shape index (κ3) is 3.62. The monoisotopic (exact) mass is 348 g/mol. The van der Waals surface area contributed by atoms with Crippen LogP contribution in [0.5, 0.6) is 5.75 Å². The molecule has 0 saturated carbocycles. The van der Waals surface area contributed by atoms with Gasteiger partial charge in [0.05, 0.1) is 10.2 Å². The molecule has 0 aliphatic carbocycles. The molecule has 0 aliphatic rings. The van der Waals surface area contributed by atoms with Gasteiger partial charge in [-0.25, -0.2) is 4.98 Å². The molecule has 2 N–H and O–H groups in total. The molecule has 0 unspecified atom stereocenters. The second kappa shape index (κ2) is 4.67. The fourth-order valence-corrected chi connectivity index (χ4v) is 1.47. The third-order valence-electron chi connectivity index (χ3n) is 1.39. The first-order valence-electron chi connectivity index (χ1n) is 3.64. The number of ether oxygens (including phenoxy) is 1. The number of alkyl halides is 3. The number of hydrogen-bond donors (Lipinski definition) is 1. The lowest BCUT2D eigenvalue weighted by molar-refractivity contribution is -0.275. The van der Waals surface area contributed by atoms with Gasteiger partial charge in [0.15, 0.2) is 5.75 Å². The van der Waals surface area contributed by atoms with Crippen LogP contribution in [0.3, 0.4) is 0 Å². The van der Waals surface area contributed by atoms with Gasteiger partial charge in [0.25, 0.3) is 0 Å². The van der Waals surface area contributed by atoms with Crippen LogP contribution in [-0.2, 0) is 6.54 Å². The molecule has 0 aromatic carbocycles. The van der Waals surface area contributed by atoms with Crippen molar-refractivity contribution in [2.24, 2.45) is 5.73 Å². The second-order valence-corrected chi connectivity index (χ2v) is 4.06. The molecule has 0 saturated heterocycles. The molecule has 0 atom stereocenters. The number of rotatable bonds is 2. The van der Waals surface area contributed by atoms with Crippen LogP contribution >= 0.6 is 31.9 Å². The fraction of sp³-hybridized carbons (Fsp3) is 0.286. The first-order chi connectivity index (χ1) is 6.83. The second-order valence-electron chi connectivity index (χ2n) is 2.46. The van der Waals surface area contributed by atoms with E-state index in [1.54, 1.807) is 0 Å². The van der Waals surface area contributed by atoms with Crippen LogP contribution in [0.15, 0.2) is 15.1 Å². The van der Waals surface area contributed by atoms with Gasteiger partial charge in [-0.15, -0.1) is 13.2 Å². The molecule has 0 amide bonds. The molecule has 0 aliphatic heterocycles. The van der Waals surface area contributed by atoms with E-state index < -0.39 is 12.1 Å². The standard InChI is InChI=1S/C7H5Br2F3N2O/c8-3-1-5(15-7(10,11)12)4(2-13)14-6(3)9/h1H,2,13H2. The van der Waals surface area contributed by atoms with Crippen LogP contribution in [0.4, 0.5) is 13.2 Å². The van der Waals surface area contributed by atoms with Crippen LogP contribution in [0.25, 0.3) is 0 Å². The number of pyridine rings is 1. The van der Waals surface area contributed by atoms with Crippen molar-refractivity contribution in [3.8, 4) is 5.75 Å². The van der Waals surface area contributed by atoms with Crippen LogP contribution in [0.1, 0.15) is 5.69 Å². The van der Waals surface area contributed by atoms with E-state index in [4.69, 9.17) is 5.73 Å². The van der Waals surface area contributed by atoms with Crippen LogP contribution in [-0.4, -0.2) is 11.3 Å². The molecule has 1 heterocycles. The molecular weight excluding hydrogens is 345 g/mol. The molecule has 1 aromatic heterocycles. The maximum absolute atomic E-state index is 12.0. The largest absolute Gasteiger partial charge is 0.573 e. The molecule has 0 bridgehead atoms. The Balaban J connectivity index is 3.11. The molecule has 3 nitrogen and oxygen atoms in total. The van der Waals surface area contributed by atoms with Crippen molar-refractivity contribution in [2.45, 2.75) is 12.9 Å². The molecule has 15 heavy (non-hydrogen) atoms. The van der Waals surface area contributed by atoms with E-state index in [-0.39, 0.29) is 12.2 Å². The summed E-state index contributed by atoms with van der Waals surface area (Å²) in [6.07, 6.45) is -4.75. The van der Waals surface area contributed by atoms with Crippen molar-refractivity contribution in [1.29, 1.82) is 0 Å². The highest BCUT2D eigenvalue weighted by Crippen LogP contribution is 2.31. The minimum Gasteiger partial charge on any atom is -0.404 e. The first kappa shape index (κ1) is 12.7. The SMILES string of the molecule is NCc1nc(Br)c(Br)cc1OC(F)(F)F. The highest BCUT2D eigenvalue weighted by atomic mass is 79.9. The fourth-order valence-electron chi connectivity index (χ4n) is 0.844. The average molecular weight is 350 g/mol. The first-order valence-corrected chi connectivity index (χ1v) is 5.23. The van der Waals surface area contributed by atoms with Gasteiger partial charge in [0.1, 0.15) is 4.60 Å². The molecule has 0 radical (unpaired) electrons. The quantitative estimate of drug-likeness (QED) is 0.835. The smallest absolute Gasteiger partial charge is 0.404 e. The summed E-state index contributed by atoms with van der Waals surface area (Å²) >= 11 is 6.07. The molecule has 1 aromatic rings. The number of nitrogens with two attached hydrogens (primary N) is 1. The van der Waals surface area contributed by atoms with Crippen molar-refractivity contribution in [1.82, 2.24) is 4.98 Å². The van der Waals surface area contributed by atoms with Gasteiger partial charge in [-0.2, -0.15) is 0 Å². The Morgan fingerprint density at radius 1 is 1.40 bits per heavy atom. The lowest BCUT2D eigenvalue weighted by atomic mass is 10.3. The van der Waals surface area contributed by atoms with Gasteiger partial charge < -0.3 is 10.5 Å². The summed E-state index contributed by atoms with van der Waals surface area (Å²) in [5, 5.41) is 0. The predicted molar refractivity (Wildman–Crippen MR) is 54.2 cm³/mol. The Morgan fingerprint density at radius 2 is 2.00 bits per heavy atom. The van der Waals surface area contributed by atoms with E-state index in [2.05, 4.69) is 41.6 Å². The zero-order valence-corrected chi connectivity index (χ0v) is 10.3. The van der Waals surface area contributed by atoms with Crippen LogP contribution < -0.4 is 10.5 Å². The van der Waals surface area contributed by atoms with E-state index in [0.29, 0.717) is 9.08 Å². The Hall–Kier alpha value is -0.340. The average Bonchev–Trinajstić information content (AvgIpc) is 2.08. The maximum Gasteiger partial charge on any atom is 0.573 e. The Labute approximate surface area is 100 Å². The molecule has 8 heteroatoms. The number of halogens is 5. The topological polar surface area (TPSA) is 48.1 Å². The minimum absolute atomic E-state index is 0.0300.